The Morgan fingerprint density at radius 1 is 1.10 bits per heavy atom. The number of fused-ring (bicyclic) bond motifs is 3. The molecule has 1 N–H and O–H groups in total. The maximum Gasteiger partial charge on any atom is 0.410 e. The Morgan fingerprint density at radius 3 is 2.52 bits per heavy atom. The third kappa shape index (κ3) is 6.70. The summed E-state index contributed by atoms with van der Waals surface area (Å²) in [6.45, 7) is 10.8. The second kappa shape index (κ2) is 11.7. The fraction of sp³-hybridized carbons (Fsp3) is 0.667. The molecule has 3 aliphatic heterocycles. The Hall–Kier alpha value is -3.30. The van der Waals surface area contributed by atoms with Crippen LogP contribution in [0.5, 0.6) is 0 Å². The highest BCUT2D eigenvalue weighted by atomic mass is 16.6. The maximum absolute atomic E-state index is 13.8. The summed E-state index contributed by atoms with van der Waals surface area (Å²) in [5.41, 5.74) is 2.58. The topological polar surface area (TPSA) is 114 Å². The van der Waals surface area contributed by atoms with E-state index in [1.165, 1.54) is 17.6 Å². The molecule has 10 nitrogen and oxygen atoms in total. The molecule has 0 aromatic heterocycles. The summed E-state index contributed by atoms with van der Waals surface area (Å²) in [6.07, 6.45) is 1.97. The van der Waals surface area contributed by atoms with Crippen LogP contribution in [0.3, 0.4) is 0 Å². The molecule has 4 bridgehead atoms. The van der Waals surface area contributed by atoms with Crippen molar-refractivity contribution >= 4 is 24.1 Å². The molecule has 1 aromatic rings. The molecule has 40 heavy (non-hydrogen) atoms. The SMILES string of the molecule is COC(=O)[C@@H]1CC2CN1C(=O)[C@H](C(C)(C)C)NC(=O)OCC(C)(C)CCCCc1cccc3c1CN(C3)C(=O)O2. The fourth-order valence-electron chi connectivity index (χ4n) is 5.78. The number of methoxy groups -OCH3 is 1. The van der Waals surface area contributed by atoms with Crippen LogP contribution in [0.2, 0.25) is 0 Å². The Bertz CT molecular complexity index is 1140. The zero-order valence-electron chi connectivity index (χ0n) is 24.6. The number of carbonyl (C=O) groups is 4. The predicted molar refractivity (Wildman–Crippen MR) is 147 cm³/mol. The van der Waals surface area contributed by atoms with Crippen LogP contribution in [0.15, 0.2) is 18.2 Å². The summed E-state index contributed by atoms with van der Waals surface area (Å²) in [7, 11) is 1.26. The van der Waals surface area contributed by atoms with Gasteiger partial charge in [-0.25, -0.2) is 14.4 Å². The van der Waals surface area contributed by atoms with Gasteiger partial charge in [0.15, 0.2) is 0 Å². The average molecular weight is 558 g/mol. The average Bonchev–Trinajstić information content (AvgIpc) is 3.52. The van der Waals surface area contributed by atoms with Gasteiger partial charge in [0.1, 0.15) is 18.2 Å². The standard InChI is InChI=1S/C30H43N3O7/c1-29(2,3)24-25(34)33-16-21(14-23(33)26(35)38-6)40-28(37)32-15-20-12-9-11-19(22(20)17-32)10-7-8-13-30(4,5)18-39-27(36)31-24/h9,11-12,21,23-24H,7-8,10,13-18H2,1-6H3,(H,31,36)/t21?,23-,24+/m0/s1. The van der Waals surface area contributed by atoms with Gasteiger partial charge in [0.2, 0.25) is 5.91 Å². The number of rotatable bonds is 1. The number of hydrogen-bond acceptors (Lipinski definition) is 7. The van der Waals surface area contributed by atoms with E-state index in [0.29, 0.717) is 13.1 Å². The molecular formula is C30H43N3O7. The van der Waals surface area contributed by atoms with E-state index in [4.69, 9.17) is 14.2 Å². The van der Waals surface area contributed by atoms with Crippen molar-refractivity contribution in [3.05, 3.63) is 34.9 Å². The minimum absolute atomic E-state index is 0.0206. The molecule has 1 aromatic carbocycles. The Balaban J connectivity index is 1.62. The third-order valence-corrected chi connectivity index (χ3v) is 8.14. The van der Waals surface area contributed by atoms with E-state index < -0.39 is 47.7 Å². The lowest BCUT2D eigenvalue weighted by Crippen LogP contribution is -2.57. The number of hydrogen-bond donors (Lipinski definition) is 1. The molecule has 1 fully saturated rings. The molecule has 0 spiro atoms. The van der Waals surface area contributed by atoms with Crippen LogP contribution in [-0.2, 0) is 43.3 Å². The minimum Gasteiger partial charge on any atom is -0.467 e. The summed E-state index contributed by atoms with van der Waals surface area (Å²) >= 11 is 0. The van der Waals surface area contributed by atoms with Gasteiger partial charge in [0, 0.05) is 19.5 Å². The first kappa shape index (κ1) is 29.7. The van der Waals surface area contributed by atoms with E-state index in [1.807, 2.05) is 32.9 Å². The number of ether oxygens (including phenoxy) is 3. The lowest BCUT2D eigenvalue weighted by atomic mass is 9.85. The van der Waals surface area contributed by atoms with E-state index >= 15 is 0 Å². The number of carbonyl (C=O) groups excluding carboxylic acids is 4. The monoisotopic (exact) mass is 557 g/mol. The van der Waals surface area contributed by atoms with Crippen LogP contribution in [0.25, 0.3) is 0 Å². The van der Waals surface area contributed by atoms with Crippen LogP contribution in [0, 0.1) is 10.8 Å². The van der Waals surface area contributed by atoms with E-state index in [9.17, 15) is 19.2 Å². The van der Waals surface area contributed by atoms with E-state index in [2.05, 4.69) is 25.2 Å². The Labute approximate surface area is 236 Å². The molecule has 10 heteroatoms. The highest BCUT2D eigenvalue weighted by Crippen LogP contribution is 2.32. The largest absolute Gasteiger partial charge is 0.467 e. The number of aryl methyl sites for hydroxylation is 1. The van der Waals surface area contributed by atoms with Crippen molar-refractivity contribution in [3.63, 3.8) is 0 Å². The van der Waals surface area contributed by atoms with Gasteiger partial charge in [-0.2, -0.15) is 0 Å². The first-order valence-electron chi connectivity index (χ1n) is 14.2. The molecule has 1 saturated heterocycles. The van der Waals surface area contributed by atoms with Crippen LogP contribution >= 0.6 is 0 Å². The third-order valence-electron chi connectivity index (χ3n) is 8.14. The highest BCUT2D eigenvalue weighted by molar-refractivity contribution is 5.91. The van der Waals surface area contributed by atoms with Crippen molar-refractivity contribution in [1.29, 1.82) is 0 Å². The van der Waals surface area contributed by atoms with Crippen LogP contribution in [0.4, 0.5) is 9.59 Å². The summed E-state index contributed by atoms with van der Waals surface area (Å²) in [5.74, 6) is -1.05. The molecule has 0 saturated carbocycles. The number of nitrogens with zero attached hydrogens (tertiary/aromatic N) is 2. The number of cyclic esters (lactones) is 1. The van der Waals surface area contributed by atoms with Gasteiger partial charge >= 0.3 is 18.2 Å². The van der Waals surface area contributed by atoms with E-state index in [0.717, 1.165) is 36.8 Å². The molecule has 0 radical (unpaired) electrons. The first-order valence-corrected chi connectivity index (χ1v) is 14.2. The quantitative estimate of drug-likeness (QED) is 0.407. The van der Waals surface area contributed by atoms with Crippen LogP contribution < -0.4 is 5.32 Å². The molecule has 3 amide bonds. The Kier molecular flexibility index (Phi) is 8.66. The predicted octanol–water partition coefficient (Wildman–Crippen LogP) is 4.17. The fourth-order valence-corrected chi connectivity index (χ4v) is 5.78. The first-order chi connectivity index (χ1) is 18.8. The number of benzene rings is 1. The second-order valence-corrected chi connectivity index (χ2v) is 13.1. The summed E-state index contributed by atoms with van der Waals surface area (Å²) in [4.78, 5) is 55.7. The van der Waals surface area contributed by atoms with Gasteiger partial charge in [-0.1, -0.05) is 59.2 Å². The van der Waals surface area contributed by atoms with Crippen molar-refractivity contribution in [2.75, 3.05) is 20.3 Å². The minimum atomic E-state index is -0.971. The van der Waals surface area contributed by atoms with Gasteiger partial charge < -0.3 is 24.4 Å². The summed E-state index contributed by atoms with van der Waals surface area (Å²) in [6, 6.07) is 4.28. The number of esters is 1. The Morgan fingerprint density at radius 2 is 1.82 bits per heavy atom. The van der Waals surface area contributed by atoms with Gasteiger partial charge in [-0.05, 0) is 46.8 Å². The van der Waals surface area contributed by atoms with Gasteiger partial charge in [-0.15, -0.1) is 0 Å². The lowest BCUT2D eigenvalue weighted by Gasteiger charge is -2.35. The van der Waals surface area contributed by atoms with Crippen molar-refractivity contribution in [1.82, 2.24) is 15.1 Å². The van der Waals surface area contributed by atoms with Crippen molar-refractivity contribution in [2.45, 2.75) is 98.0 Å². The zero-order chi connectivity index (χ0) is 29.2. The maximum atomic E-state index is 13.8. The lowest BCUT2D eigenvalue weighted by molar-refractivity contribution is -0.152. The van der Waals surface area contributed by atoms with Crippen LogP contribution in [-0.4, -0.2) is 72.3 Å². The molecule has 3 atom stereocenters. The summed E-state index contributed by atoms with van der Waals surface area (Å²) < 4.78 is 16.4. The van der Waals surface area contributed by atoms with E-state index in [1.54, 1.807) is 4.90 Å². The molecule has 220 valence electrons. The van der Waals surface area contributed by atoms with Crippen LogP contribution in [0.1, 0.15) is 77.0 Å². The molecular weight excluding hydrogens is 514 g/mol. The second-order valence-electron chi connectivity index (χ2n) is 13.1. The van der Waals surface area contributed by atoms with Gasteiger partial charge in [-0.3, -0.25) is 9.69 Å². The smallest absolute Gasteiger partial charge is 0.410 e. The van der Waals surface area contributed by atoms with Crippen molar-refractivity contribution < 1.29 is 33.4 Å². The molecule has 1 unspecified atom stereocenters. The zero-order valence-corrected chi connectivity index (χ0v) is 24.6. The number of alkyl carbamates (subject to hydrolysis) is 1. The molecule has 3 heterocycles. The normalized spacial score (nSPS) is 26.1. The van der Waals surface area contributed by atoms with Gasteiger partial charge in [0.25, 0.3) is 0 Å². The molecule has 4 rings (SSSR count). The van der Waals surface area contributed by atoms with Crippen molar-refractivity contribution in [2.24, 2.45) is 10.8 Å². The summed E-state index contributed by atoms with van der Waals surface area (Å²) in [5, 5.41) is 2.74. The number of amides is 3. The highest BCUT2D eigenvalue weighted by Gasteiger charge is 2.47. The number of nitrogens with one attached hydrogen (secondary N) is 1. The van der Waals surface area contributed by atoms with Crippen molar-refractivity contribution in [3.8, 4) is 0 Å². The molecule has 3 aliphatic rings. The molecule has 0 aliphatic carbocycles. The van der Waals surface area contributed by atoms with Gasteiger partial charge in [0.05, 0.1) is 20.3 Å². The van der Waals surface area contributed by atoms with E-state index in [-0.39, 0.29) is 25.0 Å².